The summed E-state index contributed by atoms with van der Waals surface area (Å²) in [5.41, 5.74) is 0.267. The highest BCUT2D eigenvalue weighted by Crippen LogP contribution is 2.33. The van der Waals surface area contributed by atoms with E-state index in [1.165, 1.54) is 20.1 Å². The van der Waals surface area contributed by atoms with Crippen LogP contribution in [0.3, 0.4) is 0 Å². The van der Waals surface area contributed by atoms with Crippen LogP contribution in [0.5, 0.6) is 5.75 Å². The number of ether oxygens (including phenoxy) is 2. The number of nitrogens with zero attached hydrogens (tertiary/aromatic N) is 2. The largest absolute Gasteiger partial charge is 0.497 e. The Morgan fingerprint density at radius 3 is 2.38 bits per heavy atom. The Kier molecular flexibility index (Phi) is 8.19. The van der Waals surface area contributed by atoms with Gasteiger partial charge in [-0.2, -0.15) is 18.4 Å². The molecule has 3 aromatic rings. The fourth-order valence-electron chi connectivity index (χ4n) is 3.82. The van der Waals surface area contributed by atoms with Crippen LogP contribution in [0, 0.1) is 11.3 Å². The number of amides is 1. The predicted octanol–water partition coefficient (Wildman–Crippen LogP) is 3.22. The summed E-state index contributed by atoms with van der Waals surface area (Å²) in [6.07, 6.45) is -7.84. The molecule has 12 heteroatoms. The monoisotopic (exact) mass is 516 g/mol. The summed E-state index contributed by atoms with van der Waals surface area (Å²) < 4.78 is 48.3. The van der Waals surface area contributed by atoms with Gasteiger partial charge in [-0.05, 0) is 30.7 Å². The van der Waals surface area contributed by atoms with Gasteiger partial charge in [-0.25, -0.2) is 4.79 Å². The lowest BCUT2D eigenvalue weighted by molar-refractivity contribution is -0.205. The molecule has 0 fully saturated rings. The smallest absolute Gasteiger partial charge is 0.490 e. The minimum Gasteiger partial charge on any atom is -0.497 e. The van der Waals surface area contributed by atoms with Gasteiger partial charge < -0.3 is 14.8 Å². The molecule has 3 rings (SSSR count). The van der Waals surface area contributed by atoms with Gasteiger partial charge in [0.1, 0.15) is 23.7 Å². The zero-order valence-electron chi connectivity index (χ0n) is 20.1. The highest BCUT2D eigenvalue weighted by molar-refractivity contribution is 5.99. The van der Waals surface area contributed by atoms with Crippen molar-refractivity contribution in [2.45, 2.75) is 32.4 Å². The van der Waals surface area contributed by atoms with Crippen molar-refractivity contribution < 1.29 is 32.2 Å². The number of hydrogen-bond donors (Lipinski definition) is 2. The molecule has 0 aliphatic heterocycles. The third kappa shape index (κ3) is 6.07. The number of aromatic nitrogens is 1. The van der Waals surface area contributed by atoms with Crippen molar-refractivity contribution in [2.24, 2.45) is 0 Å². The number of nitrogens with one attached hydrogen (secondary N) is 2. The molecular formula is C25H23F3N4O5. The molecule has 0 spiro atoms. The zero-order valence-corrected chi connectivity index (χ0v) is 20.1. The van der Waals surface area contributed by atoms with Crippen LogP contribution >= 0.6 is 0 Å². The predicted molar refractivity (Wildman–Crippen MR) is 127 cm³/mol. The topological polar surface area (TPSA) is 122 Å². The molecule has 2 aromatic carbocycles. The van der Waals surface area contributed by atoms with Crippen molar-refractivity contribution in [3.63, 3.8) is 0 Å². The molecule has 2 unspecified atom stereocenters. The van der Waals surface area contributed by atoms with E-state index in [-0.39, 0.29) is 17.6 Å². The van der Waals surface area contributed by atoms with Crippen LogP contribution in [-0.2, 0) is 14.3 Å². The summed E-state index contributed by atoms with van der Waals surface area (Å²) in [4.78, 5) is 36.8. The number of fused-ring (bicyclic) bond motifs is 1. The SMILES string of the molecule is COc1ccc2c(=O)n(C(CNC(C)OC(=O)C(F)(F)F)NC(C)=O)c(C#N)c(-c3ccccc3)c2c1. The first kappa shape index (κ1) is 27.2. The molecule has 194 valence electrons. The number of nitriles is 1. The maximum Gasteiger partial charge on any atom is 0.490 e. The average molecular weight is 516 g/mol. The molecule has 0 bridgehead atoms. The van der Waals surface area contributed by atoms with Crippen LogP contribution in [0.15, 0.2) is 53.3 Å². The van der Waals surface area contributed by atoms with E-state index in [0.29, 0.717) is 22.3 Å². The standard InChI is InChI=1S/C25H23F3N4O5/c1-14(33)31-21(13-30-15(2)37-24(35)25(26,27)28)32-20(12-29)22(16-7-5-4-6-8-16)19-11-17(36-3)9-10-18(19)23(32)34/h4-11,15,21,30H,13H2,1-3H3,(H,31,33). The third-order valence-electron chi connectivity index (χ3n) is 5.39. The first-order valence-electron chi connectivity index (χ1n) is 11.0. The molecular weight excluding hydrogens is 493 g/mol. The molecule has 0 aliphatic carbocycles. The summed E-state index contributed by atoms with van der Waals surface area (Å²) >= 11 is 0. The lowest BCUT2D eigenvalue weighted by Gasteiger charge is -2.26. The Morgan fingerprint density at radius 2 is 1.81 bits per heavy atom. The van der Waals surface area contributed by atoms with E-state index in [0.717, 1.165) is 11.5 Å². The van der Waals surface area contributed by atoms with Gasteiger partial charge >= 0.3 is 12.1 Å². The number of pyridine rings is 1. The minimum atomic E-state index is -5.19. The van der Waals surface area contributed by atoms with Crippen molar-refractivity contribution in [1.29, 1.82) is 5.26 Å². The van der Waals surface area contributed by atoms with Crippen LogP contribution in [0.25, 0.3) is 21.9 Å². The highest BCUT2D eigenvalue weighted by Gasteiger charge is 2.41. The Hall–Kier alpha value is -4.37. The number of benzene rings is 2. The maximum absolute atomic E-state index is 13.6. The molecule has 0 saturated heterocycles. The second-order valence-electron chi connectivity index (χ2n) is 7.96. The molecule has 2 atom stereocenters. The maximum atomic E-state index is 13.6. The second-order valence-corrected chi connectivity index (χ2v) is 7.96. The molecule has 1 heterocycles. The van der Waals surface area contributed by atoms with E-state index in [1.54, 1.807) is 42.5 Å². The fourth-order valence-corrected chi connectivity index (χ4v) is 3.82. The average Bonchev–Trinajstić information content (AvgIpc) is 2.85. The van der Waals surface area contributed by atoms with Gasteiger partial charge in [0.05, 0.1) is 7.11 Å². The summed E-state index contributed by atoms with van der Waals surface area (Å²) in [6, 6.07) is 15.5. The molecule has 37 heavy (non-hydrogen) atoms. The highest BCUT2D eigenvalue weighted by atomic mass is 19.4. The summed E-state index contributed by atoms with van der Waals surface area (Å²) in [5.74, 6) is -2.52. The Balaban J connectivity index is 2.18. The third-order valence-corrected chi connectivity index (χ3v) is 5.39. The number of methoxy groups -OCH3 is 1. The normalized spacial score (nSPS) is 12.9. The molecule has 2 N–H and O–H groups in total. The van der Waals surface area contributed by atoms with Gasteiger partial charge in [0, 0.05) is 29.8 Å². The lowest BCUT2D eigenvalue weighted by Crippen LogP contribution is -2.46. The van der Waals surface area contributed by atoms with Gasteiger partial charge in [0.2, 0.25) is 5.91 Å². The van der Waals surface area contributed by atoms with E-state index in [1.807, 2.05) is 6.07 Å². The molecule has 0 radical (unpaired) electrons. The Bertz CT molecular complexity index is 1410. The Labute approximate surface area is 209 Å². The van der Waals surface area contributed by atoms with Crippen molar-refractivity contribution in [2.75, 3.05) is 13.7 Å². The second kappa shape index (κ2) is 11.1. The number of carbonyl (C=O) groups is 2. The summed E-state index contributed by atoms with van der Waals surface area (Å²) in [5, 5.41) is 15.9. The molecule has 1 amide bonds. The first-order valence-corrected chi connectivity index (χ1v) is 11.0. The number of esters is 1. The summed E-state index contributed by atoms with van der Waals surface area (Å²) in [6.45, 7) is 1.99. The number of hydrogen-bond acceptors (Lipinski definition) is 7. The number of halogens is 3. The zero-order chi connectivity index (χ0) is 27.3. The van der Waals surface area contributed by atoms with Crippen molar-refractivity contribution >= 4 is 22.6 Å². The van der Waals surface area contributed by atoms with Crippen LogP contribution in [0.1, 0.15) is 25.7 Å². The van der Waals surface area contributed by atoms with Crippen molar-refractivity contribution in [3.8, 4) is 22.9 Å². The van der Waals surface area contributed by atoms with Crippen molar-refractivity contribution in [3.05, 3.63) is 64.6 Å². The Morgan fingerprint density at radius 1 is 1.14 bits per heavy atom. The van der Waals surface area contributed by atoms with E-state index in [4.69, 9.17) is 4.74 Å². The molecule has 0 aliphatic rings. The van der Waals surface area contributed by atoms with E-state index >= 15 is 0 Å². The number of carbonyl (C=O) groups excluding carboxylic acids is 2. The van der Waals surface area contributed by atoms with E-state index in [9.17, 15) is 32.8 Å². The van der Waals surface area contributed by atoms with Gasteiger partial charge in [-0.3, -0.25) is 19.5 Å². The molecule has 0 saturated carbocycles. The van der Waals surface area contributed by atoms with E-state index < -0.39 is 36.0 Å². The quantitative estimate of drug-likeness (QED) is 0.348. The van der Waals surface area contributed by atoms with Crippen LogP contribution in [0.4, 0.5) is 13.2 Å². The van der Waals surface area contributed by atoms with Crippen LogP contribution in [-0.4, -0.2) is 42.5 Å². The molecule has 9 nitrogen and oxygen atoms in total. The van der Waals surface area contributed by atoms with Gasteiger partial charge in [-0.1, -0.05) is 30.3 Å². The fraction of sp³-hybridized carbons (Fsp3) is 0.280. The number of alkyl halides is 3. The van der Waals surface area contributed by atoms with Gasteiger partial charge in [0.15, 0.2) is 6.23 Å². The molecule has 1 aromatic heterocycles. The van der Waals surface area contributed by atoms with Crippen LogP contribution in [0.2, 0.25) is 0 Å². The van der Waals surface area contributed by atoms with Gasteiger partial charge in [0.25, 0.3) is 5.56 Å². The number of rotatable bonds is 8. The van der Waals surface area contributed by atoms with E-state index in [2.05, 4.69) is 15.4 Å². The minimum absolute atomic E-state index is 0.0996. The first-order chi connectivity index (χ1) is 17.5. The summed E-state index contributed by atoms with van der Waals surface area (Å²) in [7, 11) is 1.46. The van der Waals surface area contributed by atoms with Crippen molar-refractivity contribution in [1.82, 2.24) is 15.2 Å². The lowest BCUT2D eigenvalue weighted by atomic mass is 9.96. The van der Waals surface area contributed by atoms with Gasteiger partial charge in [-0.15, -0.1) is 0 Å². The van der Waals surface area contributed by atoms with Crippen LogP contribution < -0.4 is 20.9 Å².